The van der Waals surface area contributed by atoms with Crippen molar-refractivity contribution in [1.82, 2.24) is 4.31 Å². The first-order valence-corrected chi connectivity index (χ1v) is 11.0. The summed E-state index contributed by atoms with van der Waals surface area (Å²) in [5.74, 6) is 0.794. The number of nitrogens with one attached hydrogen (secondary N) is 1. The van der Waals surface area contributed by atoms with E-state index in [2.05, 4.69) is 5.32 Å². The van der Waals surface area contributed by atoms with E-state index < -0.39 is 10.0 Å². The van der Waals surface area contributed by atoms with Crippen LogP contribution in [-0.2, 0) is 26.0 Å². The Balaban J connectivity index is 1.81. The number of benzene rings is 2. The van der Waals surface area contributed by atoms with Crippen molar-refractivity contribution in [2.45, 2.75) is 18.2 Å². The fraction of sp³-hybridized carbons (Fsp3) is 0.381. The number of aryl methyl sites for hydroxylation is 1. The number of rotatable bonds is 7. The van der Waals surface area contributed by atoms with Gasteiger partial charge < -0.3 is 19.5 Å². The summed E-state index contributed by atoms with van der Waals surface area (Å²) in [4.78, 5) is 12.7. The van der Waals surface area contributed by atoms with Crippen LogP contribution in [0.25, 0.3) is 0 Å². The molecule has 1 amide bonds. The third-order valence-corrected chi connectivity index (χ3v) is 6.78. The SMILES string of the molecule is COc1cc(CC(=O)Nc2cc(S(=O)(=O)N3CCOCC3)ccc2OC)ccc1C. The maximum atomic E-state index is 12.9. The van der Waals surface area contributed by atoms with Crippen LogP contribution in [0, 0.1) is 6.92 Å². The highest BCUT2D eigenvalue weighted by atomic mass is 32.2. The van der Waals surface area contributed by atoms with Crippen LogP contribution in [0.1, 0.15) is 11.1 Å². The smallest absolute Gasteiger partial charge is 0.243 e. The number of ether oxygens (including phenoxy) is 3. The van der Waals surface area contributed by atoms with E-state index in [0.29, 0.717) is 43.5 Å². The van der Waals surface area contributed by atoms with Gasteiger partial charge in [-0.3, -0.25) is 4.79 Å². The molecule has 1 aliphatic rings. The molecule has 0 spiro atoms. The Labute approximate surface area is 176 Å². The normalized spacial score (nSPS) is 14.9. The van der Waals surface area contributed by atoms with Gasteiger partial charge in [-0.25, -0.2) is 8.42 Å². The lowest BCUT2D eigenvalue weighted by atomic mass is 10.1. The predicted molar refractivity (Wildman–Crippen MR) is 113 cm³/mol. The van der Waals surface area contributed by atoms with E-state index in [4.69, 9.17) is 14.2 Å². The molecule has 0 bridgehead atoms. The van der Waals surface area contributed by atoms with Crippen molar-refractivity contribution in [3.63, 3.8) is 0 Å². The number of anilines is 1. The zero-order valence-corrected chi connectivity index (χ0v) is 18.1. The minimum atomic E-state index is -3.69. The lowest BCUT2D eigenvalue weighted by molar-refractivity contribution is -0.115. The van der Waals surface area contributed by atoms with Crippen molar-refractivity contribution in [2.75, 3.05) is 45.8 Å². The molecule has 0 atom stereocenters. The fourth-order valence-electron chi connectivity index (χ4n) is 3.24. The van der Waals surface area contributed by atoms with Crippen LogP contribution >= 0.6 is 0 Å². The quantitative estimate of drug-likeness (QED) is 0.718. The largest absolute Gasteiger partial charge is 0.496 e. The minimum Gasteiger partial charge on any atom is -0.496 e. The highest BCUT2D eigenvalue weighted by Crippen LogP contribution is 2.29. The first-order chi connectivity index (χ1) is 14.3. The summed E-state index contributed by atoms with van der Waals surface area (Å²) in [6.07, 6.45) is 0.111. The maximum absolute atomic E-state index is 12.9. The molecule has 2 aromatic carbocycles. The topological polar surface area (TPSA) is 94.2 Å². The highest BCUT2D eigenvalue weighted by Gasteiger charge is 2.27. The van der Waals surface area contributed by atoms with Gasteiger partial charge in [0.25, 0.3) is 0 Å². The molecule has 1 heterocycles. The number of carbonyl (C=O) groups excluding carboxylic acids is 1. The van der Waals surface area contributed by atoms with Crippen molar-refractivity contribution in [2.24, 2.45) is 0 Å². The number of methoxy groups -OCH3 is 2. The van der Waals surface area contributed by atoms with Crippen LogP contribution in [0.2, 0.25) is 0 Å². The highest BCUT2D eigenvalue weighted by molar-refractivity contribution is 7.89. The van der Waals surface area contributed by atoms with Crippen LogP contribution in [0.15, 0.2) is 41.3 Å². The van der Waals surface area contributed by atoms with E-state index in [1.54, 1.807) is 7.11 Å². The lowest BCUT2D eigenvalue weighted by Gasteiger charge is -2.26. The van der Waals surface area contributed by atoms with Gasteiger partial charge in [0.1, 0.15) is 11.5 Å². The number of hydrogen-bond acceptors (Lipinski definition) is 6. The Hall–Kier alpha value is -2.62. The van der Waals surface area contributed by atoms with Crippen LogP contribution in [-0.4, -0.2) is 59.2 Å². The second kappa shape index (κ2) is 9.46. The second-order valence-corrected chi connectivity index (χ2v) is 8.85. The molecule has 0 aliphatic carbocycles. The molecule has 3 rings (SSSR count). The van der Waals surface area contributed by atoms with Gasteiger partial charge in [0.2, 0.25) is 15.9 Å². The van der Waals surface area contributed by atoms with E-state index in [1.165, 1.54) is 29.6 Å². The molecule has 8 nitrogen and oxygen atoms in total. The predicted octanol–water partition coefficient (Wildman–Crippen LogP) is 2.21. The van der Waals surface area contributed by atoms with E-state index >= 15 is 0 Å². The van der Waals surface area contributed by atoms with E-state index in [9.17, 15) is 13.2 Å². The summed E-state index contributed by atoms with van der Waals surface area (Å²) in [6, 6.07) is 10.00. The molecule has 0 unspecified atom stereocenters. The Morgan fingerprint density at radius 1 is 1.07 bits per heavy atom. The summed E-state index contributed by atoms with van der Waals surface area (Å²) in [6.45, 7) is 3.24. The maximum Gasteiger partial charge on any atom is 0.243 e. The van der Waals surface area contributed by atoms with Crippen LogP contribution in [0.3, 0.4) is 0 Å². The summed E-state index contributed by atoms with van der Waals surface area (Å²) in [5, 5.41) is 2.77. The lowest BCUT2D eigenvalue weighted by Crippen LogP contribution is -2.40. The van der Waals surface area contributed by atoms with E-state index in [0.717, 1.165) is 11.1 Å². The number of carbonyl (C=O) groups is 1. The third-order valence-electron chi connectivity index (χ3n) is 4.89. The molecule has 0 radical (unpaired) electrons. The summed E-state index contributed by atoms with van der Waals surface area (Å²) in [7, 11) is -0.643. The average Bonchev–Trinajstić information content (AvgIpc) is 2.75. The van der Waals surface area contributed by atoms with Crippen LogP contribution < -0.4 is 14.8 Å². The van der Waals surface area contributed by atoms with Crippen LogP contribution in [0.4, 0.5) is 5.69 Å². The van der Waals surface area contributed by atoms with Gasteiger partial charge >= 0.3 is 0 Å². The molecule has 1 N–H and O–H groups in total. The van der Waals surface area contributed by atoms with Crippen molar-refractivity contribution < 1.29 is 27.4 Å². The average molecular weight is 435 g/mol. The van der Waals surface area contributed by atoms with E-state index in [-0.39, 0.29) is 17.2 Å². The number of sulfonamides is 1. The van der Waals surface area contributed by atoms with Gasteiger partial charge in [0.15, 0.2) is 0 Å². The molecule has 9 heteroatoms. The molecule has 162 valence electrons. The van der Waals surface area contributed by atoms with E-state index in [1.807, 2.05) is 25.1 Å². The number of morpholine rings is 1. The van der Waals surface area contributed by atoms with Crippen molar-refractivity contribution in [3.8, 4) is 11.5 Å². The van der Waals surface area contributed by atoms with Gasteiger partial charge in [-0.05, 0) is 42.3 Å². The molecule has 1 fully saturated rings. The van der Waals surface area contributed by atoms with Crippen molar-refractivity contribution in [1.29, 1.82) is 0 Å². The Bertz CT molecular complexity index is 1020. The molecule has 30 heavy (non-hydrogen) atoms. The molecule has 0 saturated carbocycles. The van der Waals surface area contributed by atoms with Gasteiger partial charge in [-0.2, -0.15) is 4.31 Å². The molecule has 0 aromatic heterocycles. The Morgan fingerprint density at radius 2 is 1.77 bits per heavy atom. The van der Waals surface area contributed by atoms with Crippen molar-refractivity contribution in [3.05, 3.63) is 47.5 Å². The first-order valence-electron chi connectivity index (χ1n) is 9.54. The Kier molecular flexibility index (Phi) is 6.96. The second-order valence-electron chi connectivity index (χ2n) is 6.91. The fourth-order valence-corrected chi connectivity index (χ4v) is 4.67. The summed E-state index contributed by atoms with van der Waals surface area (Å²) >= 11 is 0. The van der Waals surface area contributed by atoms with Gasteiger partial charge in [0, 0.05) is 13.1 Å². The first kappa shape index (κ1) is 22.1. The Morgan fingerprint density at radius 3 is 2.43 bits per heavy atom. The monoisotopic (exact) mass is 434 g/mol. The molecule has 1 saturated heterocycles. The number of hydrogen-bond donors (Lipinski definition) is 1. The zero-order chi connectivity index (χ0) is 21.7. The summed E-state index contributed by atoms with van der Waals surface area (Å²) in [5.41, 5.74) is 2.06. The van der Waals surface area contributed by atoms with Gasteiger partial charge in [-0.15, -0.1) is 0 Å². The van der Waals surface area contributed by atoms with Gasteiger partial charge in [0.05, 0.1) is 44.4 Å². The number of nitrogens with zero attached hydrogens (tertiary/aromatic N) is 1. The standard InChI is InChI=1S/C21H26N2O6S/c1-15-4-5-16(12-20(15)28-3)13-21(24)22-18-14-17(6-7-19(18)27-2)30(25,26)23-8-10-29-11-9-23/h4-7,12,14H,8-11,13H2,1-3H3,(H,22,24). The van der Waals surface area contributed by atoms with Crippen molar-refractivity contribution >= 4 is 21.6 Å². The molecular formula is C21H26N2O6S. The zero-order valence-electron chi connectivity index (χ0n) is 17.3. The summed E-state index contributed by atoms with van der Waals surface area (Å²) < 4.78 is 43.1. The third kappa shape index (κ3) is 4.92. The molecule has 2 aromatic rings. The molecular weight excluding hydrogens is 408 g/mol. The number of amides is 1. The molecule has 1 aliphatic heterocycles. The van der Waals surface area contributed by atoms with Crippen LogP contribution in [0.5, 0.6) is 11.5 Å². The minimum absolute atomic E-state index is 0.0949. The van der Waals surface area contributed by atoms with Gasteiger partial charge in [-0.1, -0.05) is 12.1 Å².